The van der Waals surface area contributed by atoms with Crippen LogP contribution in [-0.4, -0.2) is 9.97 Å². The van der Waals surface area contributed by atoms with E-state index in [-0.39, 0.29) is 11.8 Å². The summed E-state index contributed by atoms with van der Waals surface area (Å²) in [6, 6.07) is 5.16. The molecule has 0 saturated carbocycles. The molecule has 2 rings (SSSR count). The molecule has 1 aromatic carbocycles. The smallest absolute Gasteiger partial charge is 0.322 e. The highest BCUT2D eigenvalue weighted by atomic mass is 79.9. The lowest BCUT2D eigenvalue weighted by atomic mass is 10.2. The molecule has 1 aromatic heterocycles. The molecule has 17 heavy (non-hydrogen) atoms. The Morgan fingerprint density at radius 2 is 2.00 bits per heavy atom. The van der Waals surface area contributed by atoms with Crippen molar-refractivity contribution in [3.63, 3.8) is 0 Å². The van der Waals surface area contributed by atoms with Gasteiger partial charge in [0, 0.05) is 21.9 Å². The van der Waals surface area contributed by atoms with Crippen LogP contribution < -0.4 is 4.74 Å². The van der Waals surface area contributed by atoms with Crippen molar-refractivity contribution >= 4 is 15.9 Å². The fraction of sp³-hybridized carbons (Fsp3) is 0.167. The lowest BCUT2D eigenvalue weighted by molar-refractivity contribution is 0.408. The number of benzene rings is 1. The van der Waals surface area contributed by atoms with Gasteiger partial charge in [0.25, 0.3) is 0 Å². The lowest BCUT2D eigenvalue weighted by Gasteiger charge is -2.07. The van der Waals surface area contributed by atoms with E-state index >= 15 is 0 Å². The van der Waals surface area contributed by atoms with E-state index in [1.807, 2.05) is 6.92 Å². The molecule has 3 nitrogen and oxygen atoms in total. The minimum atomic E-state index is -0.413. The van der Waals surface area contributed by atoms with Crippen LogP contribution in [0, 0.1) is 19.7 Å². The van der Waals surface area contributed by atoms with Crippen LogP contribution in [-0.2, 0) is 0 Å². The van der Waals surface area contributed by atoms with E-state index in [0.29, 0.717) is 10.0 Å². The first-order valence-electron chi connectivity index (χ1n) is 5.00. The van der Waals surface area contributed by atoms with E-state index in [4.69, 9.17) is 4.74 Å². The summed E-state index contributed by atoms with van der Waals surface area (Å²) in [7, 11) is 0. The number of aryl methyl sites for hydroxylation is 1. The molecule has 0 aliphatic heterocycles. The van der Waals surface area contributed by atoms with Crippen molar-refractivity contribution in [2.75, 3.05) is 0 Å². The Morgan fingerprint density at radius 3 is 2.71 bits per heavy atom. The molecule has 0 bridgehead atoms. The van der Waals surface area contributed by atoms with Crippen LogP contribution in [0.4, 0.5) is 4.39 Å². The van der Waals surface area contributed by atoms with Crippen LogP contribution in [0.2, 0.25) is 0 Å². The molecule has 0 atom stereocenters. The molecule has 0 N–H and O–H groups in total. The summed E-state index contributed by atoms with van der Waals surface area (Å²) >= 11 is 3.25. The largest absolute Gasteiger partial charge is 0.421 e. The quantitative estimate of drug-likeness (QED) is 0.846. The summed E-state index contributed by atoms with van der Waals surface area (Å²) in [5.41, 5.74) is 1.26. The zero-order valence-corrected chi connectivity index (χ0v) is 11.0. The van der Waals surface area contributed by atoms with E-state index < -0.39 is 5.82 Å². The molecule has 1 heterocycles. The van der Waals surface area contributed by atoms with Gasteiger partial charge in [-0.3, -0.25) is 0 Å². The van der Waals surface area contributed by atoms with Gasteiger partial charge < -0.3 is 4.74 Å². The molecular formula is C12H10BrFN2O. The van der Waals surface area contributed by atoms with Crippen LogP contribution in [0.5, 0.6) is 11.8 Å². The zero-order valence-electron chi connectivity index (χ0n) is 9.37. The molecular weight excluding hydrogens is 287 g/mol. The van der Waals surface area contributed by atoms with Crippen LogP contribution in [0.15, 0.2) is 28.9 Å². The molecule has 0 aliphatic rings. The van der Waals surface area contributed by atoms with Crippen LogP contribution in [0.1, 0.15) is 11.3 Å². The molecule has 0 fully saturated rings. The number of aromatic nitrogens is 2. The topological polar surface area (TPSA) is 35.0 Å². The number of rotatable bonds is 2. The minimum absolute atomic E-state index is 0.122. The van der Waals surface area contributed by atoms with Gasteiger partial charge in [-0.1, -0.05) is 15.9 Å². The first-order chi connectivity index (χ1) is 8.08. The molecule has 0 saturated heterocycles. The number of nitrogens with zero attached hydrogens (tertiary/aromatic N) is 2. The molecule has 0 aliphatic carbocycles. The van der Waals surface area contributed by atoms with Crippen molar-refractivity contribution in [2.45, 2.75) is 13.8 Å². The Hall–Kier alpha value is -1.49. The molecule has 0 spiro atoms. The SMILES string of the molecule is Cc1ccnc(Oc2ccc(Br)c(C)c2F)n1. The monoisotopic (exact) mass is 296 g/mol. The summed E-state index contributed by atoms with van der Waals surface area (Å²) in [6.07, 6.45) is 1.57. The minimum Gasteiger partial charge on any atom is -0.421 e. The average molecular weight is 297 g/mol. The normalized spacial score (nSPS) is 10.4. The molecule has 0 amide bonds. The predicted molar refractivity (Wildman–Crippen MR) is 65.7 cm³/mol. The molecule has 2 aromatic rings. The van der Waals surface area contributed by atoms with E-state index in [0.717, 1.165) is 5.69 Å². The first kappa shape index (κ1) is 12.0. The maximum Gasteiger partial charge on any atom is 0.322 e. The van der Waals surface area contributed by atoms with Gasteiger partial charge >= 0.3 is 6.01 Å². The van der Waals surface area contributed by atoms with Gasteiger partial charge in [0.15, 0.2) is 11.6 Å². The van der Waals surface area contributed by atoms with Gasteiger partial charge in [-0.25, -0.2) is 14.4 Å². The second-order valence-electron chi connectivity index (χ2n) is 3.57. The molecule has 0 unspecified atom stereocenters. The highest BCUT2D eigenvalue weighted by Gasteiger charge is 2.11. The van der Waals surface area contributed by atoms with Gasteiger partial charge in [0.1, 0.15) is 0 Å². The third-order valence-corrected chi connectivity index (χ3v) is 3.12. The van der Waals surface area contributed by atoms with E-state index in [1.54, 1.807) is 25.3 Å². The third kappa shape index (κ3) is 2.61. The first-order valence-corrected chi connectivity index (χ1v) is 5.79. The second kappa shape index (κ2) is 4.79. The maximum absolute atomic E-state index is 13.8. The van der Waals surface area contributed by atoms with E-state index in [9.17, 15) is 4.39 Å². The van der Waals surface area contributed by atoms with E-state index in [2.05, 4.69) is 25.9 Å². The Bertz CT molecular complexity index is 560. The predicted octanol–water partition coefficient (Wildman–Crippen LogP) is 3.79. The Balaban J connectivity index is 2.34. The second-order valence-corrected chi connectivity index (χ2v) is 4.42. The van der Waals surface area contributed by atoms with Crippen molar-refractivity contribution in [3.8, 4) is 11.8 Å². The number of ether oxygens (including phenoxy) is 1. The van der Waals surface area contributed by atoms with Gasteiger partial charge in [0.05, 0.1) is 0 Å². The molecule has 0 radical (unpaired) electrons. The van der Waals surface area contributed by atoms with Gasteiger partial charge in [-0.05, 0) is 32.0 Å². The van der Waals surface area contributed by atoms with Crippen molar-refractivity contribution in [3.05, 3.63) is 45.9 Å². The number of hydrogen-bond donors (Lipinski definition) is 0. The van der Waals surface area contributed by atoms with Crippen molar-refractivity contribution in [2.24, 2.45) is 0 Å². The van der Waals surface area contributed by atoms with Crippen LogP contribution in [0.25, 0.3) is 0 Å². The van der Waals surface area contributed by atoms with E-state index in [1.165, 1.54) is 6.07 Å². The van der Waals surface area contributed by atoms with Gasteiger partial charge in [0.2, 0.25) is 0 Å². The van der Waals surface area contributed by atoms with Crippen molar-refractivity contribution in [1.29, 1.82) is 0 Å². The number of hydrogen-bond acceptors (Lipinski definition) is 3. The Kier molecular flexibility index (Phi) is 3.38. The summed E-state index contributed by atoms with van der Waals surface area (Å²) in [5.74, 6) is -0.291. The Labute approximate surface area is 107 Å². The molecule has 88 valence electrons. The van der Waals surface area contributed by atoms with Gasteiger partial charge in [-0.15, -0.1) is 0 Å². The Morgan fingerprint density at radius 1 is 1.24 bits per heavy atom. The lowest BCUT2D eigenvalue weighted by Crippen LogP contribution is -1.96. The van der Waals surface area contributed by atoms with Crippen LogP contribution >= 0.6 is 15.9 Å². The fourth-order valence-electron chi connectivity index (χ4n) is 1.29. The summed E-state index contributed by atoms with van der Waals surface area (Å²) in [4.78, 5) is 7.97. The summed E-state index contributed by atoms with van der Waals surface area (Å²) < 4.78 is 19.8. The maximum atomic E-state index is 13.8. The average Bonchev–Trinajstić information content (AvgIpc) is 2.30. The van der Waals surface area contributed by atoms with Gasteiger partial charge in [-0.2, -0.15) is 0 Å². The summed E-state index contributed by atoms with van der Waals surface area (Å²) in [5, 5.41) is 0. The van der Waals surface area contributed by atoms with Crippen molar-refractivity contribution < 1.29 is 9.13 Å². The molecule has 5 heteroatoms. The highest BCUT2D eigenvalue weighted by molar-refractivity contribution is 9.10. The standard InChI is InChI=1S/C12H10BrFN2O/c1-7-5-6-15-12(16-7)17-10-4-3-9(13)8(2)11(10)14/h3-6H,1-2H3. The fourth-order valence-corrected chi connectivity index (χ4v) is 1.60. The summed E-state index contributed by atoms with van der Waals surface area (Å²) in [6.45, 7) is 3.49. The van der Waals surface area contributed by atoms with Crippen LogP contribution in [0.3, 0.4) is 0 Å². The highest BCUT2D eigenvalue weighted by Crippen LogP contribution is 2.28. The van der Waals surface area contributed by atoms with Crippen molar-refractivity contribution in [1.82, 2.24) is 9.97 Å². The number of halogens is 2. The zero-order chi connectivity index (χ0) is 12.4. The third-order valence-electron chi connectivity index (χ3n) is 2.26.